The fourth-order valence-corrected chi connectivity index (χ4v) is 2.62. The molecule has 1 aliphatic carbocycles. The van der Waals surface area contributed by atoms with Crippen LogP contribution >= 0.6 is 0 Å². The fourth-order valence-electron chi connectivity index (χ4n) is 2.62. The van der Waals surface area contributed by atoms with Crippen LogP contribution in [-0.4, -0.2) is 36.7 Å². The molecule has 0 radical (unpaired) electrons. The van der Waals surface area contributed by atoms with Gasteiger partial charge in [0.05, 0.1) is 6.54 Å². The average molecular weight is 350 g/mol. The molecule has 2 aromatic rings. The van der Waals surface area contributed by atoms with Crippen LogP contribution in [0.3, 0.4) is 0 Å². The van der Waals surface area contributed by atoms with Crippen molar-refractivity contribution in [3.63, 3.8) is 0 Å². The topological polar surface area (TPSA) is 34.5 Å². The van der Waals surface area contributed by atoms with E-state index in [4.69, 9.17) is 4.74 Å². The molecule has 136 valence electrons. The maximum Gasteiger partial charge on any atom is 0.254 e. The van der Waals surface area contributed by atoms with Crippen LogP contribution in [0, 0.1) is 24.7 Å². The SMILES string of the molecule is Cc1cc(OCCN(C)C)cc(=O)n1Cc1ccc(C#CC2CC2)cc1. The van der Waals surface area contributed by atoms with Crippen molar-refractivity contribution in [1.29, 1.82) is 0 Å². The smallest absolute Gasteiger partial charge is 0.254 e. The van der Waals surface area contributed by atoms with E-state index >= 15 is 0 Å². The summed E-state index contributed by atoms with van der Waals surface area (Å²) in [6.45, 7) is 3.88. The number of hydrogen-bond acceptors (Lipinski definition) is 3. The zero-order valence-corrected chi connectivity index (χ0v) is 15.8. The van der Waals surface area contributed by atoms with Gasteiger partial charge in [0, 0.05) is 29.8 Å². The Morgan fingerprint density at radius 1 is 1.19 bits per heavy atom. The van der Waals surface area contributed by atoms with E-state index in [0.29, 0.717) is 24.8 Å². The van der Waals surface area contributed by atoms with Gasteiger partial charge >= 0.3 is 0 Å². The average Bonchev–Trinajstić information content (AvgIpc) is 3.41. The van der Waals surface area contributed by atoms with Crippen LogP contribution in [0.5, 0.6) is 5.75 Å². The van der Waals surface area contributed by atoms with Crippen LogP contribution in [0.1, 0.15) is 29.7 Å². The van der Waals surface area contributed by atoms with Gasteiger partial charge in [0.2, 0.25) is 0 Å². The Morgan fingerprint density at radius 2 is 1.92 bits per heavy atom. The number of aromatic nitrogens is 1. The van der Waals surface area contributed by atoms with Gasteiger partial charge in [-0.3, -0.25) is 4.79 Å². The Hall–Kier alpha value is -2.51. The standard InChI is InChI=1S/C22H26N2O2/c1-17-14-21(26-13-12-23(2)3)15-22(25)24(17)16-20-10-8-19(9-11-20)7-6-18-4-5-18/h8-11,14-15,18H,4-5,12-13,16H2,1-3H3. The quantitative estimate of drug-likeness (QED) is 0.752. The molecular weight excluding hydrogens is 324 g/mol. The third-order valence-electron chi connectivity index (χ3n) is 4.41. The lowest BCUT2D eigenvalue weighted by Gasteiger charge is -2.14. The molecule has 1 aromatic heterocycles. The maximum absolute atomic E-state index is 12.5. The Bertz CT molecular complexity index is 866. The van der Waals surface area contributed by atoms with Crippen LogP contribution in [0.2, 0.25) is 0 Å². The molecule has 0 aliphatic heterocycles. The van der Waals surface area contributed by atoms with Gasteiger partial charge < -0.3 is 14.2 Å². The van der Waals surface area contributed by atoms with E-state index in [1.54, 1.807) is 10.6 Å². The molecule has 4 heteroatoms. The van der Waals surface area contributed by atoms with Crippen molar-refractivity contribution >= 4 is 0 Å². The van der Waals surface area contributed by atoms with Gasteiger partial charge in [-0.05, 0) is 57.6 Å². The Labute approximate surface area is 155 Å². The van der Waals surface area contributed by atoms with Gasteiger partial charge in [-0.2, -0.15) is 0 Å². The fraction of sp³-hybridized carbons (Fsp3) is 0.409. The molecule has 0 N–H and O–H groups in total. The normalized spacial score (nSPS) is 13.4. The molecule has 1 heterocycles. The van der Waals surface area contributed by atoms with Gasteiger partial charge in [-0.15, -0.1) is 0 Å². The highest BCUT2D eigenvalue weighted by Crippen LogP contribution is 2.27. The first-order chi connectivity index (χ1) is 12.5. The molecule has 1 aliphatic rings. The number of nitrogens with zero attached hydrogens (tertiary/aromatic N) is 2. The zero-order valence-electron chi connectivity index (χ0n) is 15.8. The number of benzene rings is 1. The van der Waals surface area contributed by atoms with Gasteiger partial charge in [-0.25, -0.2) is 0 Å². The molecule has 1 aromatic carbocycles. The summed E-state index contributed by atoms with van der Waals surface area (Å²) in [5.74, 6) is 7.73. The predicted octanol–water partition coefficient (Wildman–Crippen LogP) is 2.91. The number of aryl methyl sites for hydroxylation is 1. The van der Waals surface area contributed by atoms with Crippen molar-refractivity contribution in [2.75, 3.05) is 27.2 Å². The summed E-state index contributed by atoms with van der Waals surface area (Å²) >= 11 is 0. The molecule has 0 spiro atoms. The molecule has 4 nitrogen and oxygen atoms in total. The first-order valence-corrected chi connectivity index (χ1v) is 9.11. The molecule has 1 fully saturated rings. The van der Waals surface area contributed by atoms with Gasteiger partial charge in [0.25, 0.3) is 5.56 Å². The summed E-state index contributed by atoms with van der Waals surface area (Å²) in [6.07, 6.45) is 2.48. The van der Waals surface area contributed by atoms with Crippen molar-refractivity contribution in [2.45, 2.75) is 26.3 Å². The second kappa shape index (κ2) is 8.25. The molecule has 0 unspecified atom stereocenters. The monoisotopic (exact) mass is 350 g/mol. The summed E-state index contributed by atoms with van der Waals surface area (Å²) in [6, 6.07) is 11.6. The lowest BCUT2D eigenvalue weighted by molar-refractivity contribution is 0.260. The number of likely N-dealkylation sites (N-methyl/N-ethyl adjacent to an activating group) is 1. The molecule has 0 atom stereocenters. The lowest BCUT2D eigenvalue weighted by atomic mass is 10.1. The van der Waals surface area contributed by atoms with Crippen molar-refractivity contribution in [3.05, 3.63) is 63.6 Å². The highest BCUT2D eigenvalue weighted by molar-refractivity contribution is 5.37. The number of rotatable bonds is 6. The second-order valence-corrected chi connectivity index (χ2v) is 7.15. The van der Waals surface area contributed by atoms with Crippen molar-refractivity contribution in [3.8, 4) is 17.6 Å². The Balaban J connectivity index is 1.67. The molecule has 26 heavy (non-hydrogen) atoms. The van der Waals surface area contributed by atoms with E-state index in [1.165, 1.54) is 12.8 Å². The van der Waals surface area contributed by atoms with E-state index in [0.717, 1.165) is 23.4 Å². The van der Waals surface area contributed by atoms with Crippen LogP contribution in [0.4, 0.5) is 0 Å². The maximum atomic E-state index is 12.5. The summed E-state index contributed by atoms with van der Waals surface area (Å²) in [5.41, 5.74) is 2.99. The number of hydrogen-bond donors (Lipinski definition) is 0. The number of pyridine rings is 1. The first-order valence-electron chi connectivity index (χ1n) is 9.11. The third-order valence-corrected chi connectivity index (χ3v) is 4.41. The van der Waals surface area contributed by atoms with E-state index in [2.05, 4.69) is 11.8 Å². The third kappa shape index (κ3) is 5.24. The number of ether oxygens (including phenoxy) is 1. The van der Waals surface area contributed by atoms with E-state index in [1.807, 2.05) is 56.3 Å². The largest absolute Gasteiger partial charge is 0.492 e. The minimum absolute atomic E-state index is 0.0394. The summed E-state index contributed by atoms with van der Waals surface area (Å²) < 4.78 is 7.45. The Kier molecular flexibility index (Phi) is 5.80. The van der Waals surface area contributed by atoms with E-state index in [-0.39, 0.29) is 5.56 Å². The molecule has 0 bridgehead atoms. The predicted molar refractivity (Wildman–Crippen MR) is 105 cm³/mol. The second-order valence-electron chi connectivity index (χ2n) is 7.15. The highest BCUT2D eigenvalue weighted by Gasteiger charge is 2.17. The van der Waals surface area contributed by atoms with Gasteiger partial charge in [0.1, 0.15) is 12.4 Å². The zero-order chi connectivity index (χ0) is 18.5. The first kappa shape index (κ1) is 18.3. The molecule has 1 saturated carbocycles. The summed E-state index contributed by atoms with van der Waals surface area (Å²) in [7, 11) is 3.99. The molecular formula is C22H26N2O2. The molecule has 0 saturated heterocycles. The van der Waals surface area contributed by atoms with Crippen molar-refractivity contribution < 1.29 is 4.74 Å². The van der Waals surface area contributed by atoms with Crippen molar-refractivity contribution in [2.24, 2.45) is 5.92 Å². The highest BCUT2D eigenvalue weighted by atomic mass is 16.5. The molecule has 3 rings (SSSR count). The van der Waals surface area contributed by atoms with Crippen molar-refractivity contribution in [1.82, 2.24) is 9.47 Å². The molecule has 0 amide bonds. The Morgan fingerprint density at radius 3 is 2.54 bits per heavy atom. The summed E-state index contributed by atoms with van der Waals surface area (Å²) in [5, 5.41) is 0. The lowest BCUT2D eigenvalue weighted by Crippen LogP contribution is -2.23. The van der Waals surface area contributed by atoms with Crippen LogP contribution < -0.4 is 10.3 Å². The minimum Gasteiger partial charge on any atom is -0.492 e. The van der Waals surface area contributed by atoms with Crippen LogP contribution in [-0.2, 0) is 6.54 Å². The van der Waals surface area contributed by atoms with Gasteiger partial charge in [-0.1, -0.05) is 24.0 Å². The minimum atomic E-state index is -0.0394. The van der Waals surface area contributed by atoms with Crippen LogP contribution in [0.25, 0.3) is 0 Å². The van der Waals surface area contributed by atoms with Gasteiger partial charge in [0.15, 0.2) is 0 Å². The van der Waals surface area contributed by atoms with E-state index < -0.39 is 0 Å². The van der Waals surface area contributed by atoms with Crippen LogP contribution in [0.15, 0.2) is 41.2 Å². The summed E-state index contributed by atoms with van der Waals surface area (Å²) in [4.78, 5) is 14.5. The van der Waals surface area contributed by atoms with E-state index in [9.17, 15) is 4.79 Å².